The molecular weight excluding hydrogens is 210 g/mol. The highest BCUT2D eigenvalue weighted by Gasteiger charge is 2.47. The summed E-state index contributed by atoms with van der Waals surface area (Å²) in [5.41, 5.74) is 1.19. The van der Waals surface area contributed by atoms with Crippen molar-refractivity contribution in [3.05, 3.63) is 35.4 Å². The predicted molar refractivity (Wildman–Crippen MR) is 56.9 cm³/mol. The first kappa shape index (κ1) is 10.2. The van der Waals surface area contributed by atoms with Gasteiger partial charge in [0.25, 0.3) is 0 Å². The Morgan fingerprint density at radius 2 is 1.75 bits per heavy atom. The summed E-state index contributed by atoms with van der Waals surface area (Å²) in [5.74, 6) is -0.980. The molecule has 2 aliphatic heterocycles. The summed E-state index contributed by atoms with van der Waals surface area (Å²) >= 11 is 0. The van der Waals surface area contributed by atoms with Gasteiger partial charge in [0, 0.05) is 44.2 Å². The quantitative estimate of drug-likeness (QED) is 0.816. The first-order valence-corrected chi connectivity index (χ1v) is 5.53. The summed E-state index contributed by atoms with van der Waals surface area (Å²) in [6, 6.07) is 3.73. The number of nitrogens with zero attached hydrogens (tertiary/aromatic N) is 1. The molecule has 16 heavy (non-hydrogen) atoms. The molecule has 0 saturated carbocycles. The molecule has 1 aromatic carbocycles. The van der Waals surface area contributed by atoms with Crippen molar-refractivity contribution in [1.82, 2.24) is 10.2 Å². The summed E-state index contributed by atoms with van der Waals surface area (Å²) in [4.78, 5) is 2.23. The van der Waals surface area contributed by atoms with Crippen molar-refractivity contribution < 1.29 is 8.78 Å². The largest absolute Gasteiger partial charge is 0.315 e. The Labute approximate surface area is 93.3 Å². The Morgan fingerprint density at radius 1 is 1.12 bits per heavy atom. The molecule has 2 saturated heterocycles. The second-order valence-corrected chi connectivity index (χ2v) is 5.03. The molecule has 0 unspecified atom stereocenters. The van der Waals surface area contributed by atoms with Gasteiger partial charge in [-0.05, 0) is 17.7 Å². The van der Waals surface area contributed by atoms with Gasteiger partial charge in [0.05, 0.1) is 0 Å². The van der Waals surface area contributed by atoms with Gasteiger partial charge >= 0.3 is 0 Å². The van der Waals surface area contributed by atoms with Crippen LogP contribution in [0.5, 0.6) is 0 Å². The minimum absolute atomic E-state index is 0.464. The van der Waals surface area contributed by atoms with Gasteiger partial charge in [-0.25, -0.2) is 8.78 Å². The maximum atomic E-state index is 13.0. The molecule has 2 heterocycles. The maximum absolute atomic E-state index is 13.0. The van der Waals surface area contributed by atoms with Crippen molar-refractivity contribution >= 4 is 0 Å². The van der Waals surface area contributed by atoms with Crippen LogP contribution in [0, 0.1) is 17.0 Å². The smallest absolute Gasteiger partial charge is 0.126 e. The van der Waals surface area contributed by atoms with E-state index in [4.69, 9.17) is 0 Å². The highest BCUT2D eigenvalue weighted by atomic mass is 19.1. The van der Waals surface area contributed by atoms with Crippen molar-refractivity contribution in [2.45, 2.75) is 6.54 Å². The van der Waals surface area contributed by atoms with Gasteiger partial charge in [-0.2, -0.15) is 0 Å². The minimum Gasteiger partial charge on any atom is -0.315 e. The first-order chi connectivity index (χ1) is 7.65. The number of hydrogen-bond acceptors (Lipinski definition) is 2. The third-order valence-electron chi connectivity index (χ3n) is 3.45. The van der Waals surface area contributed by atoms with E-state index in [0.717, 1.165) is 37.8 Å². The molecule has 0 aromatic heterocycles. The minimum atomic E-state index is -0.490. The van der Waals surface area contributed by atoms with Gasteiger partial charge < -0.3 is 5.32 Å². The molecule has 0 aliphatic carbocycles. The zero-order valence-electron chi connectivity index (χ0n) is 8.97. The molecule has 0 radical (unpaired) electrons. The van der Waals surface area contributed by atoms with Gasteiger partial charge in [-0.1, -0.05) is 0 Å². The van der Waals surface area contributed by atoms with Crippen molar-refractivity contribution in [1.29, 1.82) is 0 Å². The van der Waals surface area contributed by atoms with E-state index in [-0.39, 0.29) is 0 Å². The van der Waals surface area contributed by atoms with Crippen LogP contribution < -0.4 is 5.32 Å². The molecule has 1 aromatic rings. The van der Waals surface area contributed by atoms with Crippen LogP contribution >= 0.6 is 0 Å². The SMILES string of the molecule is Fc1cc(F)cc(CN2CC3(CNC3)C2)c1. The fourth-order valence-corrected chi connectivity index (χ4v) is 2.68. The highest BCUT2D eigenvalue weighted by molar-refractivity contribution is 5.19. The number of nitrogens with one attached hydrogen (secondary N) is 1. The van der Waals surface area contributed by atoms with E-state index in [2.05, 4.69) is 10.2 Å². The van der Waals surface area contributed by atoms with Crippen molar-refractivity contribution in [3.63, 3.8) is 0 Å². The average Bonchev–Trinajstić information content (AvgIpc) is 2.05. The van der Waals surface area contributed by atoms with Gasteiger partial charge in [0.15, 0.2) is 0 Å². The molecule has 0 atom stereocenters. The molecule has 2 nitrogen and oxygen atoms in total. The number of rotatable bonds is 2. The van der Waals surface area contributed by atoms with Crippen molar-refractivity contribution in [3.8, 4) is 0 Å². The van der Waals surface area contributed by atoms with Crippen LogP contribution in [-0.4, -0.2) is 31.1 Å². The molecule has 2 fully saturated rings. The molecule has 3 rings (SSSR count). The van der Waals surface area contributed by atoms with Gasteiger partial charge in [-0.3, -0.25) is 4.90 Å². The standard InChI is InChI=1S/C12H14F2N2/c13-10-1-9(2-11(14)3-10)4-16-7-12(8-16)5-15-6-12/h1-3,15H,4-8H2. The lowest BCUT2D eigenvalue weighted by atomic mass is 9.74. The Balaban J connectivity index is 1.62. The normalized spacial score (nSPS) is 22.9. The third kappa shape index (κ3) is 1.72. The lowest BCUT2D eigenvalue weighted by Gasteiger charge is -2.56. The van der Waals surface area contributed by atoms with Crippen LogP contribution in [0.3, 0.4) is 0 Å². The van der Waals surface area contributed by atoms with Gasteiger partial charge in [0.1, 0.15) is 11.6 Å². The highest BCUT2D eigenvalue weighted by Crippen LogP contribution is 2.34. The van der Waals surface area contributed by atoms with E-state index in [0.29, 0.717) is 12.0 Å². The van der Waals surface area contributed by atoms with Crippen LogP contribution in [0.15, 0.2) is 18.2 Å². The Kier molecular flexibility index (Phi) is 2.23. The molecular formula is C12H14F2N2. The monoisotopic (exact) mass is 224 g/mol. The van der Waals surface area contributed by atoms with E-state index in [1.165, 1.54) is 12.1 Å². The maximum Gasteiger partial charge on any atom is 0.126 e. The van der Waals surface area contributed by atoms with E-state index in [9.17, 15) is 8.78 Å². The zero-order chi connectivity index (χ0) is 11.2. The molecule has 1 N–H and O–H groups in total. The first-order valence-electron chi connectivity index (χ1n) is 5.53. The summed E-state index contributed by atoms with van der Waals surface area (Å²) in [5, 5.41) is 3.26. The molecule has 4 heteroatoms. The summed E-state index contributed by atoms with van der Waals surface area (Å²) < 4.78 is 25.9. The predicted octanol–water partition coefficient (Wildman–Crippen LogP) is 1.37. The third-order valence-corrected chi connectivity index (χ3v) is 3.45. The molecule has 0 amide bonds. The van der Waals surface area contributed by atoms with E-state index >= 15 is 0 Å². The molecule has 0 bridgehead atoms. The number of likely N-dealkylation sites (tertiary alicyclic amines) is 1. The summed E-state index contributed by atoms with van der Waals surface area (Å²) in [6.45, 7) is 4.90. The van der Waals surface area contributed by atoms with Gasteiger partial charge in [0.2, 0.25) is 0 Å². The van der Waals surface area contributed by atoms with Crippen LogP contribution in [0.4, 0.5) is 8.78 Å². The number of hydrogen-bond donors (Lipinski definition) is 1. The van der Waals surface area contributed by atoms with Crippen LogP contribution in [0.25, 0.3) is 0 Å². The van der Waals surface area contributed by atoms with Crippen LogP contribution in [0.2, 0.25) is 0 Å². The Morgan fingerprint density at radius 3 is 2.25 bits per heavy atom. The summed E-state index contributed by atoms with van der Waals surface area (Å²) in [7, 11) is 0. The van der Waals surface area contributed by atoms with Crippen molar-refractivity contribution in [2.75, 3.05) is 26.2 Å². The van der Waals surface area contributed by atoms with Gasteiger partial charge in [-0.15, -0.1) is 0 Å². The van der Waals surface area contributed by atoms with Crippen molar-refractivity contribution in [2.24, 2.45) is 5.41 Å². The zero-order valence-corrected chi connectivity index (χ0v) is 8.97. The molecule has 86 valence electrons. The lowest BCUT2D eigenvalue weighted by Crippen LogP contribution is -2.70. The second-order valence-electron chi connectivity index (χ2n) is 5.03. The Hall–Kier alpha value is -1.00. The van der Waals surface area contributed by atoms with E-state index < -0.39 is 11.6 Å². The number of benzene rings is 1. The van der Waals surface area contributed by atoms with Crippen LogP contribution in [-0.2, 0) is 6.54 Å². The fourth-order valence-electron chi connectivity index (χ4n) is 2.68. The van der Waals surface area contributed by atoms with Crippen LogP contribution in [0.1, 0.15) is 5.56 Å². The summed E-state index contributed by atoms with van der Waals surface area (Å²) in [6.07, 6.45) is 0. The van der Waals surface area contributed by atoms with E-state index in [1.54, 1.807) is 0 Å². The molecule has 1 spiro atoms. The average molecular weight is 224 g/mol. The fraction of sp³-hybridized carbons (Fsp3) is 0.500. The number of halogens is 2. The van der Waals surface area contributed by atoms with E-state index in [1.807, 2.05) is 0 Å². The molecule has 2 aliphatic rings. The second kappa shape index (κ2) is 3.50. The Bertz CT molecular complexity index is 387. The lowest BCUT2D eigenvalue weighted by molar-refractivity contribution is -0.0445. The topological polar surface area (TPSA) is 15.3 Å².